The average Bonchev–Trinajstić information content (AvgIpc) is 2.75. The molecule has 7 nitrogen and oxygen atoms in total. The number of rotatable bonds is 5. The number of nitrogens with zero attached hydrogens (tertiary/aromatic N) is 3. The van der Waals surface area contributed by atoms with E-state index in [0.29, 0.717) is 12.2 Å². The van der Waals surface area contributed by atoms with Gasteiger partial charge in [-0.2, -0.15) is 11.8 Å². The third kappa shape index (κ3) is 2.91. The Balaban J connectivity index is 1.68. The van der Waals surface area contributed by atoms with Crippen LogP contribution in [-0.4, -0.2) is 71.4 Å². The van der Waals surface area contributed by atoms with Crippen molar-refractivity contribution in [1.29, 1.82) is 0 Å². The molecule has 0 N–H and O–H groups in total. The van der Waals surface area contributed by atoms with Gasteiger partial charge in [-0.25, -0.2) is 18.4 Å². The van der Waals surface area contributed by atoms with E-state index in [2.05, 4.69) is 9.97 Å². The van der Waals surface area contributed by atoms with Gasteiger partial charge in [0.05, 0.1) is 18.1 Å². The molecule has 2 aliphatic heterocycles. The summed E-state index contributed by atoms with van der Waals surface area (Å²) in [6.45, 7) is 0.810. The second-order valence-corrected chi connectivity index (χ2v) is 9.21. The second kappa shape index (κ2) is 6.27. The van der Waals surface area contributed by atoms with Gasteiger partial charge in [-0.15, -0.1) is 0 Å². The number of carbonyl (C=O) groups is 1. The van der Waals surface area contributed by atoms with Gasteiger partial charge in [0.25, 0.3) is 0 Å². The van der Waals surface area contributed by atoms with Crippen LogP contribution in [0.3, 0.4) is 0 Å². The molecule has 0 saturated carbocycles. The minimum Gasteiger partial charge on any atom is -0.463 e. The lowest BCUT2D eigenvalue weighted by Gasteiger charge is -2.49. The second-order valence-electron chi connectivity index (χ2n) is 5.89. The smallest absolute Gasteiger partial charge is 0.316 e. The van der Waals surface area contributed by atoms with Crippen LogP contribution in [0.2, 0.25) is 0 Å². The standard InChI is InChI=1S/C14H19N3O4S2/c1-22-8-12(18)17-9-14(10-17)11(3-6-23(14,19)20)7-21-13-15-4-2-5-16-13/h2,4-5,11H,3,6-10H2,1H3/t11-/m0/s1. The first kappa shape index (κ1) is 16.5. The highest BCUT2D eigenvalue weighted by Gasteiger charge is 2.62. The van der Waals surface area contributed by atoms with Crippen molar-refractivity contribution in [3.63, 3.8) is 0 Å². The minimum absolute atomic E-state index is 0.00344. The van der Waals surface area contributed by atoms with Crippen molar-refractivity contribution in [3.8, 4) is 6.01 Å². The summed E-state index contributed by atoms with van der Waals surface area (Å²) < 4.78 is 29.7. The van der Waals surface area contributed by atoms with Crippen LogP contribution in [-0.2, 0) is 14.6 Å². The van der Waals surface area contributed by atoms with E-state index < -0.39 is 14.6 Å². The first-order valence-corrected chi connectivity index (χ1v) is 10.4. The number of sulfone groups is 1. The number of aromatic nitrogens is 2. The van der Waals surface area contributed by atoms with E-state index in [-0.39, 0.29) is 43.3 Å². The van der Waals surface area contributed by atoms with Crippen LogP contribution in [0.25, 0.3) is 0 Å². The van der Waals surface area contributed by atoms with Crippen LogP contribution in [0, 0.1) is 5.92 Å². The molecule has 1 spiro atoms. The predicted octanol–water partition coefficient (Wildman–Crippen LogP) is 0.234. The van der Waals surface area contributed by atoms with Crippen molar-refractivity contribution in [2.24, 2.45) is 5.92 Å². The monoisotopic (exact) mass is 357 g/mol. The summed E-state index contributed by atoms with van der Waals surface area (Å²) in [5.74, 6) is 0.405. The Morgan fingerprint density at radius 2 is 2.13 bits per heavy atom. The molecule has 23 heavy (non-hydrogen) atoms. The van der Waals surface area contributed by atoms with Gasteiger partial charge < -0.3 is 9.64 Å². The number of hydrogen-bond donors (Lipinski definition) is 0. The maximum atomic E-state index is 12.5. The van der Waals surface area contributed by atoms with E-state index in [1.54, 1.807) is 23.4 Å². The lowest BCUT2D eigenvalue weighted by Crippen LogP contribution is -2.69. The van der Waals surface area contributed by atoms with Crippen molar-refractivity contribution in [3.05, 3.63) is 18.5 Å². The van der Waals surface area contributed by atoms with Crippen LogP contribution < -0.4 is 4.74 Å². The Morgan fingerprint density at radius 3 is 2.78 bits per heavy atom. The SMILES string of the molecule is CSCC(=O)N1CC2(C1)[C@H](COc1ncccn1)CCS2(=O)=O. The zero-order valence-corrected chi connectivity index (χ0v) is 14.5. The summed E-state index contributed by atoms with van der Waals surface area (Å²) in [5, 5.41) is 0. The van der Waals surface area contributed by atoms with E-state index in [9.17, 15) is 13.2 Å². The van der Waals surface area contributed by atoms with Crippen molar-refractivity contribution in [1.82, 2.24) is 14.9 Å². The molecular weight excluding hydrogens is 338 g/mol. The van der Waals surface area contributed by atoms with Crippen molar-refractivity contribution in [2.45, 2.75) is 11.2 Å². The highest BCUT2D eigenvalue weighted by Crippen LogP contribution is 2.44. The molecule has 1 aromatic rings. The lowest BCUT2D eigenvalue weighted by atomic mass is 9.83. The largest absolute Gasteiger partial charge is 0.463 e. The van der Waals surface area contributed by atoms with Gasteiger partial charge in [0.2, 0.25) is 5.91 Å². The minimum atomic E-state index is -3.21. The van der Waals surface area contributed by atoms with Crippen LogP contribution >= 0.6 is 11.8 Å². The van der Waals surface area contributed by atoms with Gasteiger partial charge in [0.1, 0.15) is 4.75 Å². The Bertz CT molecular complexity index is 675. The predicted molar refractivity (Wildman–Crippen MR) is 87.1 cm³/mol. The molecule has 3 rings (SSSR count). The van der Waals surface area contributed by atoms with E-state index in [1.165, 1.54) is 11.8 Å². The van der Waals surface area contributed by atoms with Gasteiger partial charge in [-0.3, -0.25) is 4.79 Å². The van der Waals surface area contributed by atoms with Gasteiger partial charge in [0, 0.05) is 31.4 Å². The molecular formula is C14H19N3O4S2. The van der Waals surface area contributed by atoms with Crippen LogP contribution in [0.4, 0.5) is 0 Å². The zero-order valence-electron chi connectivity index (χ0n) is 12.8. The third-order valence-corrected chi connectivity index (χ3v) is 7.73. The maximum absolute atomic E-state index is 12.5. The summed E-state index contributed by atoms with van der Waals surface area (Å²) in [5.41, 5.74) is 0. The molecule has 2 aliphatic rings. The fraction of sp³-hybridized carbons (Fsp3) is 0.643. The van der Waals surface area contributed by atoms with E-state index in [1.807, 2.05) is 6.26 Å². The fourth-order valence-electron chi connectivity index (χ4n) is 3.23. The zero-order chi connectivity index (χ0) is 16.5. The number of carbonyl (C=O) groups excluding carboxylic acids is 1. The molecule has 3 heterocycles. The van der Waals surface area contributed by atoms with E-state index >= 15 is 0 Å². The normalized spacial score (nSPS) is 24.4. The van der Waals surface area contributed by atoms with E-state index in [4.69, 9.17) is 4.74 Å². The summed E-state index contributed by atoms with van der Waals surface area (Å²) >= 11 is 1.44. The Morgan fingerprint density at radius 1 is 1.43 bits per heavy atom. The molecule has 1 aromatic heterocycles. The Hall–Kier alpha value is -1.35. The highest BCUT2D eigenvalue weighted by molar-refractivity contribution is 7.99. The molecule has 0 aromatic carbocycles. The summed E-state index contributed by atoms with van der Waals surface area (Å²) in [6.07, 6.45) is 5.57. The number of thioether (sulfide) groups is 1. The lowest BCUT2D eigenvalue weighted by molar-refractivity contribution is -0.134. The molecule has 0 radical (unpaired) electrons. The molecule has 2 saturated heterocycles. The molecule has 1 atom stereocenters. The van der Waals surface area contributed by atoms with Crippen molar-refractivity contribution in [2.75, 3.05) is 37.5 Å². The quantitative estimate of drug-likeness (QED) is 0.745. The topological polar surface area (TPSA) is 89.5 Å². The molecule has 0 bridgehead atoms. The summed E-state index contributed by atoms with van der Waals surface area (Å²) in [6, 6.07) is 1.94. The summed E-state index contributed by atoms with van der Waals surface area (Å²) in [4.78, 5) is 21.5. The van der Waals surface area contributed by atoms with Gasteiger partial charge in [-0.1, -0.05) is 0 Å². The Labute approximate surface area is 139 Å². The molecule has 9 heteroatoms. The van der Waals surface area contributed by atoms with Crippen LogP contribution in [0.5, 0.6) is 6.01 Å². The van der Waals surface area contributed by atoms with Gasteiger partial charge in [-0.05, 0) is 18.7 Å². The Kier molecular flexibility index (Phi) is 4.50. The molecule has 0 unspecified atom stereocenters. The first-order chi connectivity index (χ1) is 11.0. The fourth-order valence-corrected chi connectivity index (χ4v) is 6.06. The number of ether oxygens (including phenoxy) is 1. The summed E-state index contributed by atoms with van der Waals surface area (Å²) in [7, 11) is -3.21. The molecule has 126 valence electrons. The van der Waals surface area contributed by atoms with Crippen molar-refractivity contribution >= 4 is 27.5 Å². The molecule has 1 amide bonds. The van der Waals surface area contributed by atoms with Crippen molar-refractivity contribution < 1.29 is 17.9 Å². The molecule has 2 fully saturated rings. The highest BCUT2D eigenvalue weighted by atomic mass is 32.2. The number of amides is 1. The third-order valence-electron chi connectivity index (χ3n) is 4.59. The first-order valence-electron chi connectivity index (χ1n) is 7.37. The number of likely N-dealkylation sites (tertiary alicyclic amines) is 1. The average molecular weight is 357 g/mol. The number of hydrogen-bond acceptors (Lipinski definition) is 7. The molecule has 0 aliphatic carbocycles. The van der Waals surface area contributed by atoms with Crippen LogP contribution in [0.15, 0.2) is 18.5 Å². The van der Waals surface area contributed by atoms with E-state index in [0.717, 1.165) is 0 Å². The maximum Gasteiger partial charge on any atom is 0.316 e. The van der Waals surface area contributed by atoms with Gasteiger partial charge >= 0.3 is 6.01 Å². The van der Waals surface area contributed by atoms with Gasteiger partial charge in [0.15, 0.2) is 9.84 Å². The van der Waals surface area contributed by atoms with Crippen LogP contribution in [0.1, 0.15) is 6.42 Å².